The molecule has 0 radical (unpaired) electrons. The van der Waals surface area contributed by atoms with Crippen molar-refractivity contribution in [1.82, 2.24) is 4.90 Å². The lowest BCUT2D eigenvalue weighted by atomic mass is 9.23. The van der Waals surface area contributed by atoms with Gasteiger partial charge in [-0.2, -0.15) is 0 Å². The van der Waals surface area contributed by atoms with Crippen LogP contribution in [-0.2, 0) is 17.3 Å². The lowest BCUT2D eigenvalue weighted by molar-refractivity contribution is -0.245. The van der Waals surface area contributed by atoms with Crippen LogP contribution in [0.2, 0.25) is 0 Å². The molecule has 1 aliphatic heterocycles. The van der Waals surface area contributed by atoms with Crippen LogP contribution in [0.5, 0.6) is 0 Å². The molecule has 3 aliphatic carbocycles. The standard InChI is InChI=1S/C20H25N/c1-3-11-21-13-20-15-9-8-14(4-2)12-17(15)19(20)10-6-5-7-16(19)18(20)21/h3,8-9,12,16,18H,1,4-7,10-11,13H2,2H3. The van der Waals surface area contributed by atoms with Gasteiger partial charge in [0.2, 0.25) is 0 Å². The number of likely N-dealkylation sites (tertiary alicyclic amines) is 1. The summed E-state index contributed by atoms with van der Waals surface area (Å²) in [6, 6.07) is 8.24. The van der Waals surface area contributed by atoms with E-state index < -0.39 is 0 Å². The predicted octanol–water partition coefficient (Wildman–Crippen LogP) is 3.81. The largest absolute Gasteiger partial charge is 0.294 e. The Morgan fingerprint density at radius 1 is 1.29 bits per heavy atom. The Morgan fingerprint density at radius 2 is 2.19 bits per heavy atom. The maximum absolute atomic E-state index is 3.95. The third-order valence-corrected chi connectivity index (χ3v) is 7.31. The van der Waals surface area contributed by atoms with Gasteiger partial charge in [0.15, 0.2) is 0 Å². The number of hydrogen-bond acceptors (Lipinski definition) is 1. The second-order valence-corrected chi connectivity index (χ2v) is 7.69. The van der Waals surface area contributed by atoms with E-state index in [9.17, 15) is 0 Å². The van der Waals surface area contributed by atoms with Crippen molar-refractivity contribution in [3.63, 3.8) is 0 Å². The summed E-state index contributed by atoms with van der Waals surface area (Å²) in [5.74, 6) is 0.930. The molecule has 1 heterocycles. The van der Waals surface area contributed by atoms with E-state index >= 15 is 0 Å². The summed E-state index contributed by atoms with van der Waals surface area (Å²) < 4.78 is 0. The first-order chi connectivity index (χ1) is 10.3. The Morgan fingerprint density at radius 3 is 3.00 bits per heavy atom. The van der Waals surface area contributed by atoms with Crippen LogP contribution in [0.3, 0.4) is 0 Å². The number of rotatable bonds is 3. The van der Waals surface area contributed by atoms with Gasteiger partial charge in [-0.3, -0.25) is 4.90 Å². The zero-order valence-corrected chi connectivity index (χ0v) is 13.1. The van der Waals surface area contributed by atoms with Gasteiger partial charge in [0.05, 0.1) is 0 Å². The van der Waals surface area contributed by atoms with Crippen LogP contribution in [0.25, 0.3) is 0 Å². The SMILES string of the molecule is C=CCN1CC23c4ccc(CC)cc4C24CCCCC4C13. The molecular formula is C20H25N. The van der Waals surface area contributed by atoms with E-state index in [1.54, 1.807) is 11.1 Å². The van der Waals surface area contributed by atoms with Crippen LogP contribution in [-0.4, -0.2) is 24.0 Å². The summed E-state index contributed by atoms with van der Waals surface area (Å²) in [4.78, 5) is 2.69. The van der Waals surface area contributed by atoms with Crippen LogP contribution in [0.4, 0.5) is 0 Å². The Bertz CT molecular complexity index is 633. The highest BCUT2D eigenvalue weighted by Crippen LogP contribution is 2.80. The topological polar surface area (TPSA) is 3.24 Å². The Kier molecular flexibility index (Phi) is 2.26. The molecule has 1 heteroatoms. The van der Waals surface area contributed by atoms with E-state index in [1.807, 2.05) is 0 Å². The number of piperidine rings is 1. The summed E-state index contributed by atoms with van der Waals surface area (Å²) >= 11 is 0. The number of fused-ring (bicyclic) bond motifs is 2. The zero-order chi connectivity index (χ0) is 14.2. The third-order valence-electron chi connectivity index (χ3n) is 7.31. The second-order valence-electron chi connectivity index (χ2n) is 7.69. The van der Waals surface area contributed by atoms with Crippen LogP contribution in [0.15, 0.2) is 30.9 Å². The molecule has 0 aromatic heterocycles. The molecule has 1 aromatic rings. The van der Waals surface area contributed by atoms with Crippen molar-refractivity contribution in [3.8, 4) is 0 Å². The average molecular weight is 279 g/mol. The minimum Gasteiger partial charge on any atom is -0.294 e. The molecule has 110 valence electrons. The molecule has 1 saturated heterocycles. The van der Waals surface area contributed by atoms with Gasteiger partial charge >= 0.3 is 0 Å². The molecule has 0 bridgehead atoms. The number of nitrogens with zero attached hydrogens (tertiary/aromatic N) is 1. The highest BCUT2D eigenvalue weighted by atomic mass is 15.3. The first-order valence-electron chi connectivity index (χ1n) is 8.78. The molecule has 3 fully saturated rings. The van der Waals surface area contributed by atoms with E-state index in [1.165, 1.54) is 44.2 Å². The average Bonchev–Trinajstić information content (AvgIpc) is 2.50. The van der Waals surface area contributed by atoms with Crippen molar-refractivity contribution in [2.75, 3.05) is 13.1 Å². The smallest absolute Gasteiger partial charge is 0.0342 e. The first kappa shape index (κ1) is 12.5. The van der Waals surface area contributed by atoms with E-state index in [-0.39, 0.29) is 0 Å². The Balaban J connectivity index is 1.62. The van der Waals surface area contributed by atoms with Crippen LogP contribution in [0, 0.1) is 5.92 Å². The van der Waals surface area contributed by atoms with E-state index in [0.29, 0.717) is 10.8 Å². The monoisotopic (exact) mass is 279 g/mol. The predicted molar refractivity (Wildman–Crippen MR) is 86.7 cm³/mol. The van der Waals surface area contributed by atoms with Crippen LogP contribution >= 0.6 is 0 Å². The highest BCUT2D eigenvalue weighted by Gasteiger charge is 2.84. The maximum atomic E-state index is 3.95. The summed E-state index contributed by atoms with van der Waals surface area (Å²) in [5.41, 5.74) is 6.12. The minimum absolute atomic E-state index is 0.544. The maximum Gasteiger partial charge on any atom is 0.0342 e. The fraction of sp³-hybridized carbons (Fsp3) is 0.600. The van der Waals surface area contributed by atoms with Gasteiger partial charge in [-0.05, 0) is 41.9 Å². The lowest BCUT2D eigenvalue weighted by Crippen LogP contribution is -2.93. The number of hydrogen-bond donors (Lipinski definition) is 0. The molecule has 2 spiro atoms. The zero-order valence-electron chi connectivity index (χ0n) is 13.1. The fourth-order valence-corrected chi connectivity index (χ4v) is 6.71. The van der Waals surface area contributed by atoms with E-state index in [0.717, 1.165) is 18.5 Å². The van der Waals surface area contributed by atoms with Gasteiger partial charge in [-0.15, -0.1) is 6.58 Å². The summed E-state index contributed by atoms with van der Waals surface area (Å²) in [5, 5.41) is 0. The van der Waals surface area contributed by atoms with E-state index in [2.05, 4.69) is 42.7 Å². The first-order valence-corrected chi connectivity index (χ1v) is 8.78. The van der Waals surface area contributed by atoms with Crippen molar-refractivity contribution >= 4 is 0 Å². The number of aryl methyl sites for hydroxylation is 1. The molecule has 5 rings (SSSR count). The van der Waals surface area contributed by atoms with E-state index in [4.69, 9.17) is 0 Å². The molecule has 0 amide bonds. The third kappa shape index (κ3) is 1.08. The second kappa shape index (κ2) is 3.81. The Hall–Kier alpha value is -1.08. The summed E-state index contributed by atoms with van der Waals surface area (Å²) in [7, 11) is 0. The molecule has 1 aromatic carbocycles. The van der Waals surface area contributed by atoms with Gasteiger partial charge in [0.1, 0.15) is 0 Å². The minimum atomic E-state index is 0.544. The van der Waals surface area contributed by atoms with Crippen molar-refractivity contribution in [3.05, 3.63) is 47.5 Å². The van der Waals surface area contributed by atoms with Gasteiger partial charge in [0.25, 0.3) is 0 Å². The normalized spacial score (nSPS) is 42.3. The van der Waals surface area contributed by atoms with Crippen molar-refractivity contribution in [1.29, 1.82) is 0 Å². The van der Waals surface area contributed by atoms with Crippen LogP contribution in [0.1, 0.15) is 49.3 Å². The Labute approximate surface area is 128 Å². The summed E-state index contributed by atoms with van der Waals surface area (Å²) in [6.07, 6.45) is 9.07. The van der Waals surface area contributed by atoms with Gasteiger partial charge in [-0.1, -0.05) is 44.0 Å². The lowest BCUT2D eigenvalue weighted by Gasteiger charge is -2.86. The van der Waals surface area contributed by atoms with Crippen molar-refractivity contribution < 1.29 is 0 Å². The summed E-state index contributed by atoms with van der Waals surface area (Å²) in [6.45, 7) is 8.61. The molecular weight excluding hydrogens is 254 g/mol. The molecule has 1 nitrogen and oxygen atoms in total. The molecule has 2 saturated carbocycles. The van der Waals surface area contributed by atoms with Crippen LogP contribution < -0.4 is 0 Å². The molecule has 21 heavy (non-hydrogen) atoms. The van der Waals surface area contributed by atoms with Crippen molar-refractivity contribution in [2.24, 2.45) is 5.92 Å². The van der Waals surface area contributed by atoms with Gasteiger partial charge < -0.3 is 0 Å². The van der Waals surface area contributed by atoms with Gasteiger partial charge in [0, 0.05) is 30.0 Å². The van der Waals surface area contributed by atoms with Crippen molar-refractivity contribution in [2.45, 2.75) is 55.9 Å². The quantitative estimate of drug-likeness (QED) is 0.760. The highest BCUT2D eigenvalue weighted by molar-refractivity contribution is 5.67. The number of benzene rings is 1. The molecule has 0 N–H and O–H groups in total. The molecule has 4 aliphatic rings. The fourth-order valence-electron chi connectivity index (χ4n) is 6.71. The van der Waals surface area contributed by atoms with Gasteiger partial charge in [-0.25, -0.2) is 0 Å². The molecule has 4 atom stereocenters. The molecule has 4 unspecified atom stereocenters.